The fourth-order valence-electron chi connectivity index (χ4n) is 1.06. The van der Waals surface area contributed by atoms with Gasteiger partial charge in [-0.05, 0) is 0 Å². The highest BCUT2D eigenvalue weighted by Crippen LogP contribution is 2.36. The molecule has 9 nitrogen and oxygen atoms in total. The molecule has 1 rings (SSSR count). The molecule has 0 aliphatic carbocycles. The highest BCUT2D eigenvalue weighted by atomic mass is 31.2. The van der Waals surface area contributed by atoms with E-state index in [9.17, 15) is 10.0 Å². The van der Waals surface area contributed by atoms with Gasteiger partial charge in [0.15, 0.2) is 8.30 Å². The number of aliphatic hydroxyl groups excluding tert-OH is 1. The zero-order chi connectivity index (χ0) is 12.8. The standard InChI is InChI=1S/C7H14N5O4P/c1-16-17(5-13)12(15)3-2-11-4-9-6(8)10-7(11)14/h4,13,15H,2-3,5H2,1H3,(H2,8,10,14). The van der Waals surface area contributed by atoms with Crippen LogP contribution in [0, 0.1) is 0 Å². The smallest absolute Gasteiger partial charge is 0.352 e. The number of nitrogens with two attached hydrogens (primary N) is 1. The van der Waals surface area contributed by atoms with Crippen molar-refractivity contribution in [2.45, 2.75) is 6.54 Å². The fraction of sp³-hybridized carbons (Fsp3) is 0.571. The second kappa shape index (κ2) is 6.58. The van der Waals surface area contributed by atoms with Crippen LogP contribution in [0.2, 0.25) is 0 Å². The molecule has 4 N–H and O–H groups in total. The first-order valence-electron chi connectivity index (χ1n) is 4.66. The Morgan fingerprint density at radius 3 is 2.94 bits per heavy atom. The van der Waals surface area contributed by atoms with Crippen molar-refractivity contribution in [2.24, 2.45) is 0 Å². The minimum Gasteiger partial charge on any atom is -0.388 e. The number of nitrogen functional groups attached to an aromatic ring is 1. The summed E-state index contributed by atoms with van der Waals surface area (Å²) in [7, 11) is -0.0874. The molecule has 17 heavy (non-hydrogen) atoms. The maximum Gasteiger partial charge on any atom is 0.352 e. The molecule has 10 heteroatoms. The van der Waals surface area contributed by atoms with Crippen molar-refractivity contribution in [3.8, 4) is 0 Å². The molecule has 0 saturated heterocycles. The Labute approximate surface area is 98.3 Å². The lowest BCUT2D eigenvalue weighted by Crippen LogP contribution is -2.29. The van der Waals surface area contributed by atoms with Gasteiger partial charge in [0.1, 0.15) is 12.7 Å². The monoisotopic (exact) mass is 263 g/mol. The lowest BCUT2D eigenvalue weighted by molar-refractivity contribution is -0.00914. The fourth-order valence-corrected chi connectivity index (χ4v) is 1.82. The summed E-state index contributed by atoms with van der Waals surface area (Å²) in [6.07, 6.45) is 0.946. The van der Waals surface area contributed by atoms with Crippen LogP contribution in [-0.2, 0) is 11.1 Å². The lowest BCUT2D eigenvalue weighted by Gasteiger charge is -2.21. The Morgan fingerprint density at radius 2 is 2.41 bits per heavy atom. The third-order valence-corrected chi connectivity index (χ3v) is 3.29. The van der Waals surface area contributed by atoms with Crippen LogP contribution in [0.4, 0.5) is 5.95 Å². The van der Waals surface area contributed by atoms with Gasteiger partial charge in [0.05, 0.1) is 0 Å². The topological polar surface area (TPSA) is 127 Å². The van der Waals surface area contributed by atoms with E-state index in [1.54, 1.807) is 0 Å². The quantitative estimate of drug-likeness (QED) is 0.432. The molecule has 0 radical (unpaired) electrons. The molecule has 0 aliphatic heterocycles. The zero-order valence-electron chi connectivity index (χ0n) is 9.22. The largest absolute Gasteiger partial charge is 0.388 e. The van der Waals surface area contributed by atoms with Gasteiger partial charge >= 0.3 is 5.69 Å². The van der Waals surface area contributed by atoms with Crippen molar-refractivity contribution in [1.29, 1.82) is 0 Å². The van der Waals surface area contributed by atoms with E-state index in [1.807, 2.05) is 0 Å². The Bertz CT molecular complexity index is 409. The van der Waals surface area contributed by atoms with Crippen LogP contribution in [0.15, 0.2) is 11.1 Å². The predicted molar refractivity (Wildman–Crippen MR) is 60.2 cm³/mol. The highest BCUT2D eigenvalue weighted by molar-refractivity contribution is 7.49. The number of anilines is 1. The van der Waals surface area contributed by atoms with E-state index in [1.165, 1.54) is 18.0 Å². The molecule has 0 fully saturated rings. The number of nitrogens with zero attached hydrogens (tertiary/aromatic N) is 4. The van der Waals surface area contributed by atoms with Gasteiger partial charge < -0.3 is 20.6 Å². The summed E-state index contributed by atoms with van der Waals surface area (Å²) in [5, 5.41) is 18.4. The van der Waals surface area contributed by atoms with Crippen molar-refractivity contribution in [3.05, 3.63) is 16.8 Å². The number of hydrogen-bond donors (Lipinski definition) is 3. The minimum atomic E-state index is -1.47. The maximum atomic E-state index is 11.3. The SMILES string of the molecule is COP(CO)N(O)CCn1cnc(N)nc1=O. The van der Waals surface area contributed by atoms with E-state index < -0.39 is 14.0 Å². The molecule has 0 spiro atoms. The van der Waals surface area contributed by atoms with E-state index in [0.717, 1.165) is 4.83 Å². The van der Waals surface area contributed by atoms with Gasteiger partial charge in [-0.2, -0.15) is 4.98 Å². The van der Waals surface area contributed by atoms with Crippen LogP contribution >= 0.6 is 8.30 Å². The first-order chi connectivity index (χ1) is 8.08. The van der Waals surface area contributed by atoms with Gasteiger partial charge in [0.2, 0.25) is 5.95 Å². The van der Waals surface area contributed by atoms with Crippen LogP contribution in [0.3, 0.4) is 0 Å². The Balaban J connectivity index is 2.58. The molecule has 0 saturated carbocycles. The minimum absolute atomic E-state index is 0.0957. The molecule has 0 bridgehead atoms. The van der Waals surface area contributed by atoms with Crippen molar-refractivity contribution in [1.82, 2.24) is 19.4 Å². The van der Waals surface area contributed by atoms with Gasteiger partial charge in [-0.15, -0.1) is 4.83 Å². The van der Waals surface area contributed by atoms with Gasteiger partial charge in [-0.3, -0.25) is 4.57 Å². The van der Waals surface area contributed by atoms with Gasteiger partial charge in [-0.25, -0.2) is 9.78 Å². The average Bonchev–Trinajstić information content (AvgIpc) is 2.29. The van der Waals surface area contributed by atoms with E-state index in [-0.39, 0.29) is 25.4 Å². The Morgan fingerprint density at radius 1 is 1.71 bits per heavy atom. The molecule has 1 heterocycles. The van der Waals surface area contributed by atoms with Crippen LogP contribution < -0.4 is 11.4 Å². The summed E-state index contributed by atoms with van der Waals surface area (Å²) in [6.45, 7) is 0.269. The third-order valence-electron chi connectivity index (χ3n) is 1.92. The normalized spacial score (nSPS) is 12.9. The molecule has 1 atom stereocenters. The highest BCUT2D eigenvalue weighted by Gasteiger charge is 2.15. The molecule has 1 aromatic rings. The lowest BCUT2D eigenvalue weighted by atomic mass is 10.6. The van der Waals surface area contributed by atoms with Crippen molar-refractivity contribution >= 4 is 14.2 Å². The van der Waals surface area contributed by atoms with Gasteiger partial charge in [0, 0.05) is 20.2 Å². The summed E-state index contributed by atoms with van der Waals surface area (Å²) >= 11 is 0. The molecule has 1 unspecified atom stereocenters. The van der Waals surface area contributed by atoms with E-state index in [4.69, 9.17) is 15.4 Å². The zero-order valence-corrected chi connectivity index (χ0v) is 10.1. The third kappa shape index (κ3) is 3.99. The summed E-state index contributed by atoms with van der Waals surface area (Å²) < 4.78 is 6.05. The second-order valence-electron chi connectivity index (χ2n) is 2.96. The number of aliphatic hydroxyl groups is 1. The maximum absolute atomic E-state index is 11.3. The number of hydroxylamine groups is 1. The Kier molecular flexibility index (Phi) is 5.39. The van der Waals surface area contributed by atoms with E-state index >= 15 is 0 Å². The number of aromatic nitrogens is 3. The van der Waals surface area contributed by atoms with E-state index in [2.05, 4.69) is 9.97 Å². The van der Waals surface area contributed by atoms with E-state index in [0.29, 0.717) is 0 Å². The van der Waals surface area contributed by atoms with Crippen molar-refractivity contribution < 1.29 is 14.8 Å². The summed E-state index contributed by atoms with van der Waals surface area (Å²) in [6, 6.07) is 0. The van der Waals surface area contributed by atoms with Gasteiger partial charge in [-0.1, -0.05) is 0 Å². The van der Waals surface area contributed by atoms with Crippen LogP contribution in [0.25, 0.3) is 0 Å². The van der Waals surface area contributed by atoms with Crippen molar-refractivity contribution in [3.63, 3.8) is 0 Å². The first-order valence-corrected chi connectivity index (χ1v) is 6.06. The van der Waals surface area contributed by atoms with Crippen LogP contribution in [0.5, 0.6) is 0 Å². The predicted octanol–water partition coefficient (Wildman–Crippen LogP) is -1.18. The molecule has 1 aromatic heterocycles. The Hall–Kier alpha value is -1.12. The molecule has 96 valence electrons. The summed E-state index contributed by atoms with van der Waals surface area (Å²) in [5.41, 5.74) is 4.68. The second-order valence-corrected chi connectivity index (χ2v) is 4.78. The van der Waals surface area contributed by atoms with Crippen LogP contribution in [-0.4, -0.2) is 49.7 Å². The molecular formula is C7H14N5O4P. The molecule has 0 aliphatic rings. The summed E-state index contributed by atoms with van der Waals surface area (Å²) in [4.78, 5) is 19.3. The van der Waals surface area contributed by atoms with Crippen molar-refractivity contribution in [2.75, 3.05) is 25.7 Å². The number of hydrogen-bond acceptors (Lipinski definition) is 8. The first kappa shape index (κ1) is 13.9. The molecule has 0 aromatic carbocycles. The van der Waals surface area contributed by atoms with Crippen LogP contribution in [0.1, 0.15) is 0 Å². The molecular weight excluding hydrogens is 249 g/mol. The summed E-state index contributed by atoms with van der Waals surface area (Å²) in [5.74, 6) is -0.0957. The molecule has 0 amide bonds. The average molecular weight is 263 g/mol. The number of rotatable bonds is 6. The van der Waals surface area contributed by atoms with Gasteiger partial charge in [0.25, 0.3) is 0 Å².